The highest BCUT2D eigenvalue weighted by atomic mass is 16.7. The molecule has 4 unspecified atom stereocenters. The van der Waals surface area contributed by atoms with Crippen molar-refractivity contribution in [2.75, 3.05) is 19.8 Å². The fourth-order valence-corrected chi connectivity index (χ4v) is 2.67. The molecule has 27 heavy (non-hydrogen) atoms. The van der Waals surface area contributed by atoms with Gasteiger partial charge in [-0.2, -0.15) is 0 Å². The van der Waals surface area contributed by atoms with E-state index in [1.165, 1.54) is 0 Å². The summed E-state index contributed by atoms with van der Waals surface area (Å²) >= 11 is 0. The lowest BCUT2D eigenvalue weighted by Gasteiger charge is -2.31. The van der Waals surface area contributed by atoms with E-state index in [1.807, 2.05) is 6.92 Å². The molecule has 1 rings (SSSR count). The lowest BCUT2D eigenvalue weighted by Crippen LogP contribution is -2.58. The van der Waals surface area contributed by atoms with Crippen molar-refractivity contribution < 1.29 is 48.7 Å². The number of cyclic esters (lactones) is 3. The van der Waals surface area contributed by atoms with Gasteiger partial charge in [0.15, 0.2) is 5.78 Å². The highest BCUT2D eigenvalue weighted by molar-refractivity contribution is 6.10. The monoisotopic (exact) mass is 390 g/mol. The SMILES string of the molecule is CCCCC(CC)C(=O)C1(CO)OC(=O)C(CO)OC(=O)C(CO)OC1=O. The van der Waals surface area contributed by atoms with E-state index in [0.717, 1.165) is 6.42 Å². The van der Waals surface area contributed by atoms with Gasteiger partial charge in [-0.3, -0.25) is 4.79 Å². The Balaban J connectivity index is 3.37. The molecule has 0 aromatic rings. The first-order chi connectivity index (χ1) is 12.8. The van der Waals surface area contributed by atoms with E-state index < -0.39 is 67.2 Å². The third kappa shape index (κ3) is 5.02. The van der Waals surface area contributed by atoms with Crippen LogP contribution in [0.2, 0.25) is 0 Å². The van der Waals surface area contributed by atoms with Crippen LogP contribution < -0.4 is 0 Å². The third-order valence-corrected chi connectivity index (χ3v) is 4.36. The van der Waals surface area contributed by atoms with Crippen molar-refractivity contribution in [1.82, 2.24) is 0 Å². The van der Waals surface area contributed by atoms with Gasteiger partial charge in [-0.15, -0.1) is 0 Å². The highest BCUT2D eigenvalue weighted by Gasteiger charge is 2.55. The van der Waals surface area contributed by atoms with Crippen LogP contribution in [0.15, 0.2) is 0 Å². The first kappa shape index (κ1) is 23.0. The molecular weight excluding hydrogens is 364 g/mol. The molecule has 4 atom stereocenters. The fourth-order valence-electron chi connectivity index (χ4n) is 2.67. The lowest BCUT2D eigenvalue weighted by atomic mass is 9.84. The molecular formula is C17H26O10. The molecule has 0 aromatic heterocycles. The summed E-state index contributed by atoms with van der Waals surface area (Å²) in [7, 11) is 0. The second-order valence-electron chi connectivity index (χ2n) is 6.20. The van der Waals surface area contributed by atoms with Crippen LogP contribution in [0.25, 0.3) is 0 Å². The molecule has 1 aliphatic heterocycles. The Hall–Kier alpha value is -2.04. The predicted molar refractivity (Wildman–Crippen MR) is 88.2 cm³/mol. The molecule has 0 amide bonds. The van der Waals surface area contributed by atoms with E-state index in [1.54, 1.807) is 6.92 Å². The average Bonchev–Trinajstić information content (AvgIpc) is 2.70. The van der Waals surface area contributed by atoms with Crippen molar-refractivity contribution in [1.29, 1.82) is 0 Å². The molecule has 0 saturated carbocycles. The van der Waals surface area contributed by atoms with Gasteiger partial charge in [0, 0.05) is 5.92 Å². The summed E-state index contributed by atoms with van der Waals surface area (Å²) in [6.45, 7) is 0.419. The number of aliphatic hydroxyl groups excluding tert-OH is 3. The molecule has 0 aromatic carbocycles. The maximum atomic E-state index is 13.0. The van der Waals surface area contributed by atoms with Gasteiger partial charge in [-0.25, -0.2) is 14.4 Å². The van der Waals surface area contributed by atoms with Gasteiger partial charge in [0.2, 0.25) is 12.2 Å². The van der Waals surface area contributed by atoms with Crippen molar-refractivity contribution in [2.24, 2.45) is 5.92 Å². The summed E-state index contributed by atoms with van der Waals surface area (Å²) in [4.78, 5) is 49.7. The van der Waals surface area contributed by atoms with E-state index in [0.29, 0.717) is 19.3 Å². The van der Waals surface area contributed by atoms with E-state index >= 15 is 0 Å². The number of unbranched alkanes of at least 4 members (excludes halogenated alkanes) is 1. The molecule has 0 bridgehead atoms. The van der Waals surface area contributed by atoms with Gasteiger partial charge < -0.3 is 29.5 Å². The highest BCUT2D eigenvalue weighted by Crippen LogP contribution is 2.27. The number of aliphatic hydroxyl groups is 3. The first-order valence-corrected chi connectivity index (χ1v) is 8.82. The molecule has 1 aliphatic rings. The van der Waals surface area contributed by atoms with Crippen LogP contribution in [0.3, 0.4) is 0 Å². The molecule has 3 N–H and O–H groups in total. The Morgan fingerprint density at radius 2 is 1.63 bits per heavy atom. The summed E-state index contributed by atoms with van der Waals surface area (Å²) in [6, 6.07) is 0. The Morgan fingerprint density at radius 1 is 1.04 bits per heavy atom. The van der Waals surface area contributed by atoms with E-state index in [-0.39, 0.29) is 0 Å². The maximum absolute atomic E-state index is 13.0. The van der Waals surface area contributed by atoms with E-state index in [9.17, 15) is 34.5 Å². The predicted octanol–water partition coefficient (Wildman–Crippen LogP) is -1.13. The molecule has 1 heterocycles. The number of ether oxygens (including phenoxy) is 3. The van der Waals surface area contributed by atoms with Crippen LogP contribution in [-0.2, 0) is 33.4 Å². The van der Waals surface area contributed by atoms with Crippen LogP contribution in [-0.4, -0.2) is 76.6 Å². The van der Waals surface area contributed by atoms with Crippen molar-refractivity contribution in [3.8, 4) is 0 Å². The zero-order chi connectivity index (χ0) is 20.6. The number of ketones is 1. The number of Topliss-reactive ketones (excluding diaryl/α,β-unsaturated/α-hetero) is 1. The van der Waals surface area contributed by atoms with Gasteiger partial charge in [0.25, 0.3) is 5.60 Å². The Labute approximate surface area is 156 Å². The van der Waals surface area contributed by atoms with Crippen molar-refractivity contribution in [2.45, 2.75) is 57.3 Å². The number of hydrogen-bond acceptors (Lipinski definition) is 10. The fraction of sp³-hybridized carbons (Fsp3) is 0.765. The largest absolute Gasteiger partial charge is 0.445 e. The molecule has 0 aliphatic carbocycles. The Bertz CT molecular complexity index is 558. The molecule has 154 valence electrons. The lowest BCUT2D eigenvalue weighted by molar-refractivity contribution is -0.196. The maximum Gasteiger partial charge on any atom is 0.362 e. The average molecular weight is 390 g/mol. The van der Waals surface area contributed by atoms with Crippen molar-refractivity contribution in [3.05, 3.63) is 0 Å². The zero-order valence-electron chi connectivity index (χ0n) is 15.4. The van der Waals surface area contributed by atoms with Crippen LogP contribution in [0.5, 0.6) is 0 Å². The summed E-state index contributed by atoms with van der Waals surface area (Å²) < 4.78 is 14.4. The normalized spacial score (nSPS) is 27.5. The van der Waals surface area contributed by atoms with Gasteiger partial charge in [-0.05, 0) is 12.8 Å². The van der Waals surface area contributed by atoms with Crippen molar-refractivity contribution in [3.63, 3.8) is 0 Å². The summed E-state index contributed by atoms with van der Waals surface area (Å²) in [5, 5.41) is 28.3. The number of carbonyl (C=O) groups excluding carboxylic acids is 4. The molecule has 10 heteroatoms. The second kappa shape index (κ2) is 10.3. The molecule has 10 nitrogen and oxygen atoms in total. The topological polar surface area (TPSA) is 157 Å². The standard InChI is InChI=1S/C17H26O10/c1-3-5-6-10(4-2)13(21)17(9-20)16(24)26-11(7-18)14(22)25-12(8-19)15(23)27-17/h10-12,18-20H,3-9H2,1-2H3. The first-order valence-electron chi connectivity index (χ1n) is 8.82. The van der Waals surface area contributed by atoms with Gasteiger partial charge in [0.1, 0.15) is 6.61 Å². The number of hydrogen-bond donors (Lipinski definition) is 3. The quantitative estimate of drug-likeness (QED) is 0.250. The van der Waals surface area contributed by atoms with Gasteiger partial charge in [0.05, 0.1) is 13.2 Å². The minimum absolute atomic E-state index is 0.313. The summed E-state index contributed by atoms with van der Waals surface area (Å²) in [6.07, 6.45) is -1.53. The van der Waals surface area contributed by atoms with Crippen LogP contribution in [0.4, 0.5) is 0 Å². The van der Waals surface area contributed by atoms with Crippen LogP contribution >= 0.6 is 0 Å². The van der Waals surface area contributed by atoms with Crippen LogP contribution in [0.1, 0.15) is 39.5 Å². The number of esters is 3. The molecule has 1 saturated heterocycles. The number of carbonyl (C=O) groups is 4. The molecule has 1 fully saturated rings. The molecule has 0 spiro atoms. The zero-order valence-corrected chi connectivity index (χ0v) is 15.4. The number of rotatable bonds is 9. The second-order valence-corrected chi connectivity index (χ2v) is 6.20. The van der Waals surface area contributed by atoms with E-state index in [2.05, 4.69) is 4.74 Å². The smallest absolute Gasteiger partial charge is 0.362 e. The third-order valence-electron chi connectivity index (χ3n) is 4.36. The van der Waals surface area contributed by atoms with E-state index in [4.69, 9.17) is 9.47 Å². The summed E-state index contributed by atoms with van der Waals surface area (Å²) in [5.41, 5.74) is -2.71. The molecule has 0 radical (unpaired) electrons. The van der Waals surface area contributed by atoms with Crippen LogP contribution in [0, 0.1) is 5.92 Å². The minimum Gasteiger partial charge on any atom is -0.445 e. The van der Waals surface area contributed by atoms with Gasteiger partial charge in [-0.1, -0.05) is 26.7 Å². The van der Waals surface area contributed by atoms with Crippen molar-refractivity contribution >= 4 is 23.7 Å². The Morgan fingerprint density at radius 3 is 2.11 bits per heavy atom. The Kier molecular flexibility index (Phi) is 8.80. The summed E-state index contributed by atoms with van der Waals surface area (Å²) in [5.74, 6) is -5.74. The van der Waals surface area contributed by atoms with Gasteiger partial charge >= 0.3 is 17.9 Å². The minimum atomic E-state index is -2.71.